The van der Waals surface area contributed by atoms with Gasteiger partial charge in [0.1, 0.15) is 5.82 Å². The van der Waals surface area contributed by atoms with Gasteiger partial charge in [0.15, 0.2) is 18.1 Å². The first-order chi connectivity index (χ1) is 15.0. The van der Waals surface area contributed by atoms with Gasteiger partial charge in [0, 0.05) is 0 Å². The van der Waals surface area contributed by atoms with Gasteiger partial charge in [0.25, 0.3) is 5.91 Å². The van der Waals surface area contributed by atoms with Crippen molar-refractivity contribution in [2.24, 2.45) is 5.73 Å². The van der Waals surface area contributed by atoms with Gasteiger partial charge in [-0.1, -0.05) is 36.4 Å². The van der Waals surface area contributed by atoms with Gasteiger partial charge in [-0.25, -0.2) is 4.98 Å². The number of hydrogen-bond donors (Lipinski definition) is 1. The van der Waals surface area contributed by atoms with Gasteiger partial charge in [-0.2, -0.15) is 0 Å². The molecular weight excluding hydrogens is 390 g/mol. The van der Waals surface area contributed by atoms with Gasteiger partial charge in [-0.3, -0.25) is 4.79 Å². The van der Waals surface area contributed by atoms with E-state index >= 15 is 0 Å². The van der Waals surface area contributed by atoms with Gasteiger partial charge < -0.3 is 19.8 Å². The largest absolute Gasteiger partial charge is 0.493 e. The Labute approximate surface area is 181 Å². The molecule has 0 bridgehead atoms. The standard InChI is InChI=1S/C25H25N3O3/c1-16-8-6-9-17(2)19(16)14-28-21-12-5-4-11-20(21)27-25(28)18-10-7-13-22(30-3)24(18)31-15-23(26)29/h4-13H,14-15H2,1-3H3,(H2,26,29). The van der Waals surface area contributed by atoms with Crippen LogP contribution >= 0.6 is 0 Å². The monoisotopic (exact) mass is 415 g/mol. The van der Waals surface area contributed by atoms with E-state index in [1.807, 2.05) is 30.3 Å². The molecule has 158 valence electrons. The van der Waals surface area contributed by atoms with E-state index in [1.54, 1.807) is 13.2 Å². The van der Waals surface area contributed by atoms with Crippen LogP contribution in [0.5, 0.6) is 11.5 Å². The lowest BCUT2D eigenvalue weighted by Crippen LogP contribution is -2.20. The number of aromatic nitrogens is 2. The van der Waals surface area contributed by atoms with E-state index in [4.69, 9.17) is 20.2 Å². The Hall–Kier alpha value is -3.80. The number of aryl methyl sites for hydroxylation is 2. The molecule has 0 spiro atoms. The van der Waals surface area contributed by atoms with Gasteiger partial charge in [0.2, 0.25) is 0 Å². The van der Waals surface area contributed by atoms with E-state index < -0.39 is 5.91 Å². The van der Waals surface area contributed by atoms with Crippen molar-refractivity contribution >= 4 is 16.9 Å². The maximum Gasteiger partial charge on any atom is 0.255 e. The molecule has 0 aliphatic heterocycles. The van der Waals surface area contributed by atoms with Gasteiger partial charge >= 0.3 is 0 Å². The molecule has 4 aromatic rings. The van der Waals surface area contributed by atoms with Crippen LogP contribution in [-0.4, -0.2) is 29.2 Å². The highest BCUT2D eigenvalue weighted by atomic mass is 16.5. The number of hydrogen-bond acceptors (Lipinski definition) is 4. The fourth-order valence-corrected chi connectivity index (χ4v) is 3.84. The molecule has 0 fully saturated rings. The Bertz CT molecular complexity index is 1240. The molecule has 6 heteroatoms. The van der Waals surface area contributed by atoms with Crippen molar-refractivity contribution in [1.82, 2.24) is 9.55 Å². The van der Waals surface area contributed by atoms with Gasteiger partial charge in [-0.15, -0.1) is 0 Å². The number of para-hydroxylation sites is 3. The number of rotatable bonds is 7. The fraction of sp³-hybridized carbons (Fsp3) is 0.200. The zero-order chi connectivity index (χ0) is 22.0. The van der Waals surface area contributed by atoms with E-state index in [0.29, 0.717) is 18.0 Å². The highest BCUT2D eigenvalue weighted by Crippen LogP contribution is 2.39. The highest BCUT2D eigenvalue weighted by Gasteiger charge is 2.20. The molecule has 1 heterocycles. The van der Waals surface area contributed by atoms with Crippen LogP contribution in [-0.2, 0) is 11.3 Å². The molecule has 0 aliphatic rings. The number of carbonyl (C=O) groups excluding carboxylic acids is 1. The summed E-state index contributed by atoms with van der Waals surface area (Å²) >= 11 is 0. The summed E-state index contributed by atoms with van der Waals surface area (Å²) in [5.74, 6) is 1.15. The normalized spacial score (nSPS) is 10.9. The summed E-state index contributed by atoms with van der Waals surface area (Å²) in [7, 11) is 1.57. The number of benzene rings is 3. The van der Waals surface area contributed by atoms with Crippen molar-refractivity contribution in [2.75, 3.05) is 13.7 Å². The lowest BCUT2D eigenvalue weighted by atomic mass is 10.0. The Morgan fingerprint density at radius 1 is 1.00 bits per heavy atom. The van der Waals surface area contributed by atoms with Crippen LogP contribution in [0.2, 0.25) is 0 Å². The molecule has 0 atom stereocenters. The summed E-state index contributed by atoms with van der Waals surface area (Å²) in [5, 5.41) is 0. The zero-order valence-electron chi connectivity index (χ0n) is 17.9. The molecule has 0 unspecified atom stereocenters. The molecule has 3 aromatic carbocycles. The first-order valence-corrected chi connectivity index (χ1v) is 10.1. The number of fused-ring (bicyclic) bond motifs is 1. The van der Waals surface area contributed by atoms with Crippen molar-refractivity contribution in [3.8, 4) is 22.9 Å². The summed E-state index contributed by atoms with van der Waals surface area (Å²) in [4.78, 5) is 16.3. The third kappa shape index (κ3) is 3.97. The molecular formula is C25H25N3O3. The van der Waals surface area contributed by atoms with E-state index in [9.17, 15) is 4.79 Å². The number of imidazole rings is 1. The maximum atomic E-state index is 11.4. The number of carbonyl (C=O) groups is 1. The fourth-order valence-electron chi connectivity index (χ4n) is 3.84. The summed E-state index contributed by atoms with van der Waals surface area (Å²) in [6.45, 7) is 4.65. The van der Waals surface area contributed by atoms with E-state index in [0.717, 1.165) is 22.4 Å². The molecule has 0 saturated heterocycles. The first-order valence-electron chi connectivity index (χ1n) is 10.1. The lowest BCUT2D eigenvalue weighted by molar-refractivity contribution is -0.119. The number of amides is 1. The highest BCUT2D eigenvalue weighted by molar-refractivity contribution is 5.83. The molecule has 2 N–H and O–H groups in total. The SMILES string of the molecule is COc1cccc(-c2nc3ccccc3n2Cc2c(C)cccc2C)c1OCC(N)=O. The number of nitrogens with two attached hydrogens (primary N) is 1. The summed E-state index contributed by atoms with van der Waals surface area (Å²) in [6.07, 6.45) is 0. The third-order valence-corrected chi connectivity index (χ3v) is 5.41. The van der Waals surface area contributed by atoms with Crippen LogP contribution in [0.25, 0.3) is 22.4 Å². The van der Waals surface area contributed by atoms with Crippen LogP contribution in [0.1, 0.15) is 16.7 Å². The second kappa shape index (κ2) is 8.52. The predicted molar refractivity (Wildman–Crippen MR) is 121 cm³/mol. The van der Waals surface area contributed by atoms with Crippen LogP contribution in [0.4, 0.5) is 0 Å². The number of ether oxygens (including phenoxy) is 2. The number of primary amides is 1. The molecule has 31 heavy (non-hydrogen) atoms. The average molecular weight is 415 g/mol. The smallest absolute Gasteiger partial charge is 0.255 e. The molecule has 4 rings (SSSR count). The Morgan fingerprint density at radius 2 is 1.71 bits per heavy atom. The molecule has 6 nitrogen and oxygen atoms in total. The van der Waals surface area contributed by atoms with Gasteiger partial charge in [-0.05, 0) is 54.8 Å². The third-order valence-electron chi connectivity index (χ3n) is 5.41. The first kappa shape index (κ1) is 20.5. The van der Waals surface area contributed by atoms with Crippen molar-refractivity contribution in [2.45, 2.75) is 20.4 Å². The topological polar surface area (TPSA) is 79.4 Å². The minimum absolute atomic E-state index is 0.246. The maximum absolute atomic E-state index is 11.4. The van der Waals surface area contributed by atoms with Crippen molar-refractivity contribution in [3.05, 3.63) is 77.4 Å². The van der Waals surface area contributed by atoms with Crippen LogP contribution in [0.15, 0.2) is 60.7 Å². The lowest BCUT2D eigenvalue weighted by Gasteiger charge is -2.17. The summed E-state index contributed by atoms with van der Waals surface area (Å²) in [5.41, 5.74) is 11.6. The average Bonchev–Trinajstić information content (AvgIpc) is 3.12. The van der Waals surface area contributed by atoms with Crippen LogP contribution < -0.4 is 15.2 Å². The van der Waals surface area contributed by atoms with Crippen molar-refractivity contribution in [1.29, 1.82) is 0 Å². The summed E-state index contributed by atoms with van der Waals surface area (Å²) in [6, 6.07) is 19.9. The zero-order valence-corrected chi connectivity index (χ0v) is 17.9. The molecule has 1 amide bonds. The Morgan fingerprint density at radius 3 is 2.42 bits per heavy atom. The molecule has 0 saturated carbocycles. The number of methoxy groups -OCH3 is 1. The van der Waals surface area contributed by atoms with Crippen molar-refractivity contribution in [3.63, 3.8) is 0 Å². The minimum atomic E-state index is -0.555. The second-order valence-corrected chi connectivity index (χ2v) is 7.47. The van der Waals surface area contributed by atoms with E-state index in [-0.39, 0.29) is 6.61 Å². The predicted octanol–water partition coefficient (Wildman–Crippen LogP) is 4.24. The van der Waals surface area contributed by atoms with E-state index in [2.05, 4.69) is 42.7 Å². The second-order valence-electron chi connectivity index (χ2n) is 7.47. The van der Waals surface area contributed by atoms with Crippen LogP contribution in [0, 0.1) is 13.8 Å². The molecule has 0 radical (unpaired) electrons. The Kier molecular flexibility index (Phi) is 5.62. The van der Waals surface area contributed by atoms with E-state index in [1.165, 1.54) is 16.7 Å². The van der Waals surface area contributed by atoms with Crippen LogP contribution in [0.3, 0.4) is 0 Å². The molecule has 1 aromatic heterocycles. The quantitative estimate of drug-likeness (QED) is 0.490. The Balaban J connectivity index is 1.93. The minimum Gasteiger partial charge on any atom is -0.493 e. The number of nitrogens with zero attached hydrogens (tertiary/aromatic N) is 2. The summed E-state index contributed by atoms with van der Waals surface area (Å²) < 4.78 is 13.4. The van der Waals surface area contributed by atoms with Crippen molar-refractivity contribution < 1.29 is 14.3 Å². The molecule has 0 aliphatic carbocycles. The van der Waals surface area contributed by atoms with Gasteiger partial charge in [0.05, 0.1) is 30.3 Å².